The van der Waals surface area contributed by atoms with E-state index in [2.05, 4.69) is 53.7 Å². The third-order valence-corrected chi connectivity index (χ3v) is 3.63. The lowest BCUT2D eigenvalue weighted by Gasteiger charge is -2.36. The Morgan fingerprint density at radius 3 is 2.94 bits per heavy atom. The summed E-state index contributed by atoms with van der Waals surface area (Å²) < 4.78 is 5.89. The van der Waals surface area contributed by atoms with E-state index in [1.165, 1.54) is 16.5 Å². The summed E-state index contributed by atoms with van der Waals surface area (Å²) in [5.41, 5.74) is 1.21. The van der Waals surface area contributed by atoms with Crippen LogP contribution in [0, 0.1) is 0 Å². The molecule has 1 atom stereocenters. The van der Waals surface area contributed by atoms with Gasteiger partial charge in [0.1, 0.15) is 12.4 Å². The summed E-state index contributed by atoms with van der Waals surface area (Å²) in [6.07, 6.45) is 0. The van der Waals surface area contributed by atoms with Crippen LogP contribution in [-0.2, 0) is 0 Å². The number of hydrogen-bond acceptors (Lipinski definition) is 3. The second kappa shape index (κ2) is 4.50. The van der Waals surface area contributed by atoms with Crippen molar-refractivity contribution in [2.24, 2.45) is 0 Å². The Hall–Kier alpha value is -1.74. The molecular weight excluding hydrogens is 224 g/mol. The van der Waals surface area contributed by atoms with Gasteiger partial charge in [-0.05, 0) is 18.5 Å². The fourth-order valence-corrected chi connectivity index (χ4v) is 2.63. The Kier molecular flexibility index (Phi) is 2.84. The van der Waals surface area contributed by atoms with E-state index in [1.54, 1.807) is 0 Å². The predicted molar refractivity (Wildman–Crippen MR) is 75.6 cm³/mol. The first-order valence-corrected chi connectivity index (χ1v) is 6.33. The van der Waals surface area contributed by atoms with Gasteiger partial charge in [0.05, 0.1) is 11.7 Å². The molecule has 0 bridgehead atoms. The van der Waals surface area contributed by atoms with Crippen LogP contribution in [0.4, 0.5) is 5.69 Å². The molecule has 18 heavy (non-hydrogen) atoms. The summed E-state index contributed by atoms with van der Waals surface area (Å²) >= 11 is 0. The average Bonchev–Trinajstić information content (AvgIpc) is 2.41. The molecule has 1 aliphatic heterocycles. The first-order chi connectivity index (χ1) is 8.81. The molecule has 3 heteroatoms. The minimum atomic E-state index is 0.383. The van der Waals surface area contributed by atoms with E-state index in [1.807, 2.05) is 7.05 Å². The van der Waals surface area contributed by atoms with E-state index in [0.717, 1.165) is 18.9 Å². The Morgan fingerprint density at radius 2 is 2.11 bits per heavy atom. The Bertz CT molecular complexity index is 567. The Balaban J connectivity index is 2.13. The van der Waals surface area contributed by atoms with Crippen molar-refractivity contribution in [3.05, 3.63) is 36.4 Å². The van der Waals surface area contributed by atoms with Crippen LogP contribution in [0.15, 0.2) is 36.4 Å². The van der Waals surface area contributed by atoms with E-state index in [4.69, 9.17) is 4.74 Å². The summed E-state index contributed by atoms with van der Waals surface area (Å²) in [5, 5.41) is 5.75. The normalized spacial score (nSPS) is 18.6. The third-order valence-electron chi connectivity index (χ3n) is 3.63. The summed E-state index contributed by atoms with van der Waals surface area (Å²) in [7, 11) is 4.13. The van der Waals surface area contributed by atoms with Crippen LogP contribution in [-0.4, -0.2) is 33.3 Å². The van der Waals surface area contributed by atoms with Gasteiger partial charge in [-0.3, -0.25) is 0 Å². The lowest BCUT2D eigenvalue weighted by atomic mass is 10.0. The molecule has 3 rings (SSSR count). The minimum Gasteiger partial charge on any atom is -0.489 e. The molecule has 1 N–H and O–H groups in total. The van der Waals surface area contributed by atoms with E-state index in [9.17, 15) is 0 Å². The standard InChI is InChI=1S/C15H18N2O/c1-16-9-12-10-18-14-8-7-11-5-3-4-6-13(11)15(14)17(12)2/h3-8,12,16H,9-10H2,1-2H3. The lowest BCUT2D eigenvalue weighted by Crippen LogP contribution is -2.46. The van der Waals surface area contributed by atoms with Crippen LogP contribution >= 0.6 is 0 Å². The second-order valence-electron chi connectivity index (χ2n) is 4.77. The SMILES string of the molecule is CNCC1COc2ccc3ccccc3c2N1C. The number of hydrogen-bond donors (Lipinski definition) is 1. The lowest BCUT2D eigenvalue weighted by molar-refractivity contribution is 0.265. The number of ether oxygens (including phenoxy) is 1. The topological polar surface area (TPSA) is 24.5 Å². The number of anilines is 1. The van der Waals surface area contributed by atoms with Gasteiger partial charge in [-0.1, -0.05) is 30.3 Å². The Morgan fingerprint density at radius 1 is 1.28 bits per heavy atom. The van der Waals surface area contributed by atoms with Crippen LogP contribution in [0.5, 0.6) is 5.75 Å². The van der Waals surface area contributed by atoms with Gasteiger partial charge in [0, 0.05) is 19.0 Å². The van der Waals surface area contributed by atoms with Crippen LogP contribution in [0.25, 0.3) is 10.8 Å². The van der Waals surface area contributed by atoms with Crippen LogP contribution in [0.2, 0.25) is 0 Å². The maximum atomic E-state index is 5.89. The molecule has 0 aliphatic carbocycles. The summed E-state index contributed by atoms with van der Waals surface area (Å²) in [4.78, 5) is 2.33. The van der Waals surface area contributed by atoms with Gasteiger partial charge >= 0.3 is 0 Å². The maximum absolute atomic E-state index is 5.89. The monoisotopic (exact) mass is 242 g/mol. The first kappa shape index (κ1) is 11.4. The average molecular weight is 242 g/mol. The highest BCUT2D eigenvalue weighted by molar-refractivity contribution is 5.97. The van der Waals surface area contributed by atoms with Crippen LogP contribution in [0.1, 0.15) is 0 Å². The molecule has 3 nitrogen and oxygen atoms in total. The maximum Gasteiger partial charge on any atom is 0.143 e. The number of benzene rings is 2. The van der Waals surface area contributed by atoms with Gasteiger partial charge in [-0.2, -0.15) is 0 Å². The number of likely N-dealkylation sites (N-methyl/N-ethyl adjacent to an activating group) is 2. The van der Waals surface area contributed by atoms with Crippen molar-refractivity contribution in [2.45, 2.75) is 6.04 Å². The number of nitrogens with zero attached hydrogens (tertiary/aromatic N) is 1. The number of fused-ring (bicyclic) bond motifs is 3. The molecule has 0 amide bonds. The quantitative estimate of drug-likeness (QED) is 0.874. The summed E-state index contributed by atoms with van der Waals surface area (Å²) in [6, 6.07) is 13.0. The van der Waals surface area contributed by atoms with Gasteiger partial charge in [0.25, 0.3) is 0 Å². The highest BCUT2D eigenvalue weighted by Gasteiger charge is 2.25. The molecule has 0 spiro atoms. The summed E-state index contributed by atoms with van der Waals surface area (Å²) in [6.45, 7) is 1.67. The van der Waals surface area contributed by atoms with Crippen molar-refractivity contribution < 1.29 is 4.74 Å². The van der Waals surface area contributed by atoms with Crippen molar-refractivity contribution in [1.82, 2.24) is 5.32 Å². The number of rotatable bonds is 2. The molecule has 1 heterocycles. The van der Waals surface area contributed by atoms with Gasteiger partial charge in [0.2, 0.25) is 0 Å². The molecule has 0 saturated carbocycles. The van der Waals surface area contributed by atoms with Crippen molar-refractivity contribution >= 4 is 16.5 Å². The van der Waals surface area contributed by atoms with Gasteiger partial charge < -0.3 is 15.0 Å². The molecule has 1 aliphatic rings. The van der Waals surface area contributed by atoms with Crippen molar-refractivity contribution in [2.75, 3.05) is 32.1 Å². The van der Waals surface area contributed by atoms with E-state index >= 15 is 0 Å². The molecule has 0 aromatic heterocycles. The number of nitrogens with one attached hydrogen (secondary N) is 1. The zero-order chi connectivity index (χ0) is 12.5. The third kappa shape index (κ3) is 1.71. The smallest absolute Gasteiger partial charge is 0.143 e. The van der Waals surface area contributed by atoms with Crippen molar-refractivity contribution in [3.8, 4) is 5.75 Å². The van der Waals surface area contributed by atoms with Crippen molar-refractivity contribution in [1.29, 1.82) is 0 Å². The van der Waals surface area contributed by atoms with Gasteiger partial charge in [-0.15, -0.1) is 0 Å². The van der Waals surface area contributed by atoms with E-state index in [0.29, 0.717) is 6.04 Å². The van der Waals surface area contributed by atoms with Gasteiger partial charge in [0.15, 0.2) is 0 Å². The fraction of sp³-hybridized carbons (Fsp3) is 0.333. The zero-order valence-electron chi connectivity index (χ0n) is 10.8. The largest absolute Gasteiger partial charge is 0.489 e. The highest BCUT2D eigenvalue weighted by atomic mass is 16.5. The molecule has 1 unspecified atom stereocenters. The zero-order valence-corrected chi connectivity index (χ0v) is 10.8. The van der Waals surface area contributed by atoms with Gasteiger partial charge in [-0.25, -0.2) is 0 Å². The van der Waals surface area contributed by atoms with E-state index < -0.39 is 0 Å². The summed E-state index contributed by atoms with van der Waals surface area (Å²) in [5.74, 6) is 0.989. The molecule has 0 saturated heterocycles. The highest BCUT2D eigenvalue weighted by Crippen LogP contribution is 2.39. The second-order valence-corrected chi connectivity index (χ2v) is 4.77. The molecule has 2 aromatic carbocycles. The molecule has 0 fully saturated rings. The molecule has 0 radical (unpaired) electrons. The van der Waals surface area contributed by atoms with Crippen LogP contribution < -0.4 is 15.0 Å². The van der Waals surface area contributed by atoms with E-state index in [-0.39, 0.29) is 0 Å². The van der Waals surface area contributed by atoms with Crippen LogP contribution in [0.3, 0.4) is 0 Å². The van der Waals surface area contributed by atoms with Crippen molar-refractivity contribution in [3.63, 3.8) is 0 Å². The molecule has 94 valence electrons. The molecule has 2 aromatic rings. The minimum absolute atomic E-state index is 0.383. The fourth-order valence-electron chi connectivity index (χ4n) is 2.63. The predicted octanol–water partition coefficient (Wildman–Crippen LogP) is 2.26. The first-order valence-electron chi connectivity index (χ1n) is 6.33. The molecular formula is C15H18N2O. The Labute approximate surface area is 107 Å².